The third-order valence-electron chi connectivity index (χ3n) is 2.45. The number of carbonyl (C=O) groups excluding carboxylic acids is 2. The molecule has 5 heteroatoms. The van der Waals surface area contributed by atoms with Crippen LogP contribution in [0.3, 0.4) is 0 Å². The van der Waals surface area contributed by atoms with E-state index in [1.54, 1.807) is 7.11 Å². The first-order valence-corrected chi connectivity index (χ1v) is 5.83. The molecule has 0 aliphatic heterocycles. The molecule has 1 rings (SSSR count). The van der Waals surface area contributed by atoms with Gasteiger partial charge in [-0.05, 0) is 12.5 Å². The van der Waals surface area contributed by atoms with Gasteiger partial charge in [-0.2, -0.15) is 0 Å². The van der Waals surface area contributed by atoms with Gasteiger partial charge in [0.2, 0.25) is 12.3 Å². The van der Waals surface area contributed by atoms with Crippen molar-refractivity contribution in [3.8, 4) is 5.75 Å². The van der Waals surface area contributed by atoms with Gasteiger partial charge in [0, 0.05) is 18.7 Å². The molecule has 0 saturated carbocycles. The summed E-state index contributed by atoms with van der Waals surface area (Å²) in [6, 6.07) is 7.44. The molecule has 0 aromatic heterocycles. The molecule has 98 valence electrons. The first kappa shape index (κ1) is 14.0. The van der Waals surface area contributed by atoms with Crippen LogP contribution < -0.4 is 15.4 Å². The molecule has 0 bridgehead atoms. The normalized spacial score (nSPS) is 9.61. The van der Waals surface area contributed by atoms with Gasteiger partial charge in [0.1, 0.15) is 5.75 Å². The monoisotopic (exact) mass is 250 g/mol. The van der Waals surface area contributed by atoms with E-state index in [1.807, 2.05) is 24.3 Å². The Hall–Kier alpha value is -2.04. The van der Waals surface area contributed by atoms with Crippen molar-refractivity contribution in [2.24, 2.45) is 0 Å². The number of nitrogens with one attached hydrogen (secondary N) is 2. The molecule has 5 nitrogen and oxygen atoms in total. The number of benzene rings is 1. The first-order valence-electron chi connectivity index (χ1n) is 5.83. The highest BCUT2D eigenvalue weighted by Crippen LogP contribution is 2.17. The van der Waals surface area contributed by atoms with Crippen molar-refractivity contribution in [3.05, 3.63) is 29.8 Å². The zero-order valence-electron chi connectivity index (χ0n) is 10.4. The van der Waals surface area contributed by atoms with E-state index in [1.165, 1.54) is 0 Å². The van der Waals surface area contributed by atoms with Gasteiger partial charge in [0.05, 0.1) is 13.5 Å². The number of rotatable bonds is 8. The van der Waals surface area contributed by atoms with Crippen LogP contribution in [0.4, 0.5) is 0 Å². The maximum Gasteiger partial charge on any atom is 0.224 e. The summed E-state index contributed by atoms with van der Waals surface area (Å²) in [5.74, 6) is 0.667. The van der Waals surface area contributed by atoms with Crippen LogP contribution in [0.1, 0.15) is 12.0 Å². The van der Waals surface area contributed by atoms with Crippen LogP contribution in [0.25, 0.3) is 0 Å². The van der Waals surface area contributed by atoms with Crippen LogP contribution in [0.5, 0.6) is 5.75 Å². The summed E-state index contributed by atoms with van der Waals surface area (Å²) in [6.45, 7) is 1.12. The fourth-order valence-corrected chi connectivity index (χ4v) is 1.56. The van der Waals surface area contributed by atoms with E-state index in [0.29, 0.717) is 25.9 Å². The van der Waals surface area contributed by atoms with E-state index < -0.39 is 0 Å². The summed E-state index contributed by atoms with van der Waals surface area (Å²) in [5, 5.41) is 5.33. The molecule has 18 heavy (non-hydrogen) atoms. The first-order chi connectivity index (χ1) is 8.77. The second-order valence-electron chi connectivity index (χ2n) is 3.76. The third kappa shape index (κ3) is 4.86. The van der Waals surface area contributed by atoms with Crippen LogP contribution in [0.15, 0.2) is 24.3 Å². The molecule has 2 N–H and O–H groups in total. The topological polar surface area (TPSA) is 67.4 Å². The fourth-order valence-electron chi connectivity index (χ4n) is 1.56. The van der Waals surface area contributed by atoms with Crippen molar-refractivity contribution in [2.45, 2.75) is 12.8 Å². The standard InChI is InChI=1S/C13H18N2O3/c1-18-12-6-3-2-5-11(12)9-13(17)15-8-4-7-14-10-16/h2-3,5-6,10H,4,7-9H2,1H3,(H,14,16)(H,15,17). The average molecular weight is 250 g/mol. The second kappa shape index (κ2) is 8.11. The number of carbonyl (C=O) groups is 2. The van der Waals surface area contributed by atoms with Gasteiger partial charge in [0.25, 0.3) is 0 Å². The van der Waals surface area contributed by atoms with Gasteiger partial charge in [-0.25, -0.2) is 0 Å². The lowest BCUT2D eigenvalue weighted by Gasteiger charge is -2.08. The molecule has 0 atom stereocenters. The van der Waals surface area contributed by atoms with Crippen LogP contribution >= 0.6 is 0 Å². The van der Waals surface area contributed by atoms with Gasteiger partial charge in [0.15, 0.2) is 0 Å². The number of methoxy groups -OCH3 is 1. The Morgan fingerprint density at radius 3 is 2.83 bits per heavy atom. The molecular formula is C13H18N2O3. The van der Waals surface area contributed by atoms with Gasteiger partial charge < -0.3 is 15.4 Å². The lowest BCUT2D eigenvalue weighted by atomic mass is 10.1. The summed E-state index contributed by atoms with van der Waals surface area (Å²) in [5.41, 5.74) is 0.864. The lowest BCUT2D eigenvalue weighted by Crippen LogP contribution is -2.28. The second-order valence-corrected chi connectivity index (χ2v) is 3.76. The summed E-state index contributed by atoms with van der Waals surface area (Å²) < 4.78 is 5.17. The molecule has 0 saturated heterocycles. The third-order valence-corrected chi connectivity index (χ3v) is 2.45. The average Bonchev–Trinajstić information content (AvgIpc) is 2.39. The van der Waals surface area contributed by atoms with Crippen LogP contribution in [-0.2, 0) is 16.0 Å². The van der Waals surface area contributed by atoms with Gasteiger partial charge >= 0.3 is 0 Å². The number of hydrogen-bond donors (Lipinski definition) is 2. The molecule has 0 aliphatic carbocycles. The predicted octanol–water partition coefficient (Wildman–Crippen LogP) is 0.490. The molecule has 0 spiro atoms. The van der Waals surface area contributed by atoms with Crippen molar-refractivity contribution >= 4 is 12.3 Å². The van der Waals surface area contributed by atoms with Gasteiger partial charge in [-0.15, -0.1) is 0 Å². The zero-order chi connectivity index (χ0) is 13.2. The molecule has 0 unspecified atom stereocenters. The maximum atomic E-state index is 11.7. The molecule has 0 aliphatic rings. The van der Waals surface area contributed by atoms with Gasteiger partial charge in [-0.3, -0.25) is 9.59 Å². The van der Waals surface area contributed by atoms with E-state index >= 15 is 0 Å². The smallest absolute Gasteiger partial charge is 0.224 e. The number of ether oxygens (including phenoxy) is 1. The Morgan fingerprint density at radius 1 is 1.33 bits per heavy atom. The van der Waals surface area contributed by atoms with E-state index in [9.17, 15) is 9.59 Å². The Kier molecular flexibility index (Phi) is 6.32. The summed E-state index contributed by atoms with van der Waals surface area (Å²) in [7, 11) is 1.59. The van der Waals surface area contributed by atoms with Crippen LogP contribution in [0, 0.1) is 0 Å². The van der Waals surface area contributed by atoms with E-state index in [0.717, 1.165) is 17.7 Å². The number of amides is 2. The lowest BCUT2D eigenvalue weighted by molar-refractivity contribution is -0.120. The van der Waals surface area contributed by atoms with Crippen molar-refractivity contribution < 1.29 is 14.3 Å². The predicted molar refractivity (Wildman–Crippen MR) is 68.4 cm³/mol. The summed E-state index contributed by atoms with van der Waals surface area (Å²) in [4.78, 5) is 21.7. The highest BCUT2D eigenvalue weighted by atomic mass is 16.5. The summed E-state index contributed by atoms with van der Waals surface area (Å²) in [6.07, 6.45) is 1.66. The van der Waals surface area contributed by atoms with Crippen molar-refractivity contribution in [1.82, 2.24) is 10.6 Å². The highest BCUT2D eigenvalue weighted by molar-refractivity contribution is 5.79. The molecule has 0 radical (unpaired) electrons. The van der Waals surface area contributed by atoms with E-state index in [4.69, 9.17) is 4.74 Å². The molecule has 2 amide bonds. The summed E-state index contributed by atoms with van der Waals surface area (Å²) >= 11 is 0. The van der Waals surface area contributed by atoms with Gasteiger partial charge in [-0.1, -0.05) is 18.2 Å². The quantitative estimate of drug-likeness (QED) is 0.521. The Morgan fingerprint density at radius 2 is 2.11 bits per heavy atom. The maximum absolute atomic E-state index is 11.7. The minimum absolute atomic E-state index is 0.0504. The minimum Gasteiger partial charge on any atom is -0.496 e. The SMILES string of the molecule is COc1ccccc1CC(=O)NCCCNC=O. The van der Waals surface area contributed by atoms with Crippen LogP contribution in [0.2, 0.25) is 0 Å². The molecule has 0 heterocycles. The number of para-hydroxylation sites is 1. The molecule has 1 aromatic carbocycles. The van der Waals surface area contributed by atoms with E-state index in [-0.39, 0.29) is 5.91 Å². The van der Waals surface area contributed by atoms with Crippen molar-refractivity contribution in [1.29, 1.82) is 0 Å². The zero-order valence-corrected chi connectivity index (χ0v) is 10.4. The molecule has 1 aromatic rings. The Bertz CT molecular complexity index is 394. The Balaban J connectivity index is 2.33. The minimum atomic E-state index is -0.0504. The largest absolute Gasteiger partial charge is 0.496 e. The van der Waals surface area contributed by atoms with Crippen molar-refractivity contribution in [3.63, 3.8) is 0 Å². The molecule has 0 fully saturated rings. The van der Waals surface area contributed by atoms with Crippen LogP contribution in [-0.4, -0.2) is 32.5 Å². The van der Waals surface area contributed by atoms with Crippen molar-refractivity contribution in [2.75, 3.05) is 20.2 Å². The van der Waals surface area contributed by atoms with E-state index in [2.05, 4.69) is 10.6 Å². The fraction of sp³-hybridized carbons (Fsp3) is 0.385. The molecular weight excluding hydrogens is 232 g/mol. The highest BCUT2D eigenvalue weighted by Gasteiger charge is 2.07. The number of hydrogen-bond acceptors (Lipinski definition) is 3. The Labute approximate surface area is 107 Å².